The minimum atomic E-state index is 0.138. The number of phenolic OH excluding ortho intramolecular Hbond substituents is 1. The summed E-state index contributed by atoms with van der Waals surface area (Å²) in [7, 11) is 0. The molecule has 2 nitrogen and oxygen atoms in total. The molecule has 0 spiro atoms. The van der Waals surface area contributed by atoms with E-state index in [0.717, 1.165) is 11.3 Å². The van der Waals surface area contributed by atoms with Crippen LogP contribution in [0.1, 0.15) is 25.3 Å². The molecule has 0 saturated heterocycles. The topological polar surface area (TPSA) is 46.2 Å². The number of aromatic hydroxyl groups is 1. The average Bonchev–Trinajstić information content (AvgIpc) is 2.42. The summed E-state index contributed by atoms with van der Waals surface area (Å²) in [6.45, 7) is 2.21. The molecular weight excluding hydrogens is 254 g/mol. The number of benzene rings is 2. The van der Waals surface area contributed by atoms with Gasteiger partial charge in [-0.3, -0.25) is 0 Å². The first-order chi connectivity index (χ1) is 9.19. The van der Waals surface area contributed by atoms with E-state index in [2.05, 4.69) is 31.2 Å². The van der Waals surface area contributed by atoms with Crippen LogP contribution in [0.25, 0.3) is 0 Å². The molecule has 0 radical (unpaired) electrons. The van der Waals surface area contributed by atoms with Crippen LogP contribution in [0.15, 0.2) is 52.3 Å². The van der Waals surface area contributed by atoms with Crippen LogP contribution in [0.5, 0.6) is 5.75 Å². The Balaban J connectivity index is 2.04. The second-order valence-electron chi connectivity index (χ2n) is 4.57. The molecule has 3 N–H and O–H groups in total. The van der Waals surface area contributed by atoms with Gasteiger partial charge in [-0.15, -0.1) is 0 Å². The molecule has 0 aliphatic carbocycles. The van der Waals surface area contributed by atoms with Crippen molar-refractivity contribution in [2.24, 2.45) is 0 Å². The van der Waals surface area contributed by atoms with Crippen molar-refractivity contribution in [2.45, 2.75) is 36.0 Å². The zero-order valence-corrected chi connectivity index (χ0v) is 11.9. The predicted molar refractivity (Wildman–Crippen MR) is 81.7 cm³/mol. The summed E-state index contributed by atoms with van der Waals surface area (Å²) in [6.07, 6.45) is 3.61. The van der Waals surface area contributed by atoms with Crippen molar-refractivity contribution in [1.29, 1.82) is 0 Å². The Morgan fingerprint density at radius 2 is 1.74 bits per heavy atom. The standard InChI is InChI=1S/C16H19NOS/c1-2-3-4-12-5-7-13(8-6-12)19-14-9-10-16(18)15(17)11-14/h5-11,18H,2-4,17H2,1H3. The summed E-state index contributed by atoms with van der Waals surface area (Å²) in [6, 6.07) is 13.9. The Morgan fingerprint density at radius 3 is 2.37 bits per heavy atom. The largest absolute Gasteiger partial charge is 0.506 e. The smallest absolute Gasteiger partial charge is 0.138 e. The van der Waals surface area contributed by atoms with E-state index in [1.165, 1.54) is 23.3 Å². The van der Waals surface area contributed by atoms with Gasteiger partial charge in [-0.05, 0) is 48.7 Å². The third-order valence-corrected chi connectivity index (χ3v) is 3.97. The number of anilines is 1. The van der Waals surface area contributed by atoms with Gasteiger partial charge in [0, 0.05) is 9.79 Å². The van der Waals surface area contributed by atoms with Crippen LogP contribution >= 0.6 is 11.8 Å². The van der Waals surface area contributed by atoms with Crippen molar-refractivity contribution in [3.05, 3.63) is 48.0 Å². The van der Waals surface area contributed by atoms with Crippen LogP contribution in [0, 0.1) is 0 Å². The molecule has 0 aromatic heterocycles. The van der Waals surface area contributed by atoms with E-state index in [1.54, 1.807) is 23.9 Å². The van der Waals surface area contributed by atoms with Gasteiger partial charge in [0.1, 0.15) is 5.75 Å². The highest BCUT2D eigenvalue weighted by atomic mass is 32.2. The lowest BCUT2D eigenvalue weighted by atomic mass is 10.1. The Hall–Kier alpha value is -1.61. The Bertz CT molecular complexity index is 537. The molecule has 0 heterocycles. The van der Waals surface area contributed by atoms with Crippen LogP contribution in [-0.4, -0.2) is 5.11 Å². The SMILES string of the molecule is CCCCc1ccc(Sc2ccc(O)c(N)c2)cc1. The molecule has 100 valence electrons. The molecule has 0 atom stereocenters. The van der Waals surface area contributed by atoms with E-state index >= 15 is 0 Å². The van der Waals surface area contributed by atoms with Gasteiger partial charge in [0.15, 0.2) is 0 Å². The van der Waals surface area contributed by atoms with E-state index in [4.69, 9.17) is 5.73 Å². The van der Waals surface area contributed by atoms with Gasteiger partial charge in [-0.25, -0.2) is 0 Å². The van der Waals surface area contributed by atoms with Crippen LogP contribution in [0.2, 0.25) is 0 Å². The lowest BCUT2D eigenvalue weighted by molar-refractivity contribution is 0.477. The molecule has 0 aliphatic rings. The fraction of sp³-hybridized carbons (Fsp3) is 0.250. The zero-order chi connectivity index (χ0) is 13.7. The molecule has 2 aromatic rings. The quantitative estimate of drug-likeness (QED) is 0.624. The first-order valence-corrected chi connectivity index (χ1v) is 7.36. The van der Waals surface area contributed by atoms with Gasteiger partial charge in [0.25, 0.3) is 0 Å². The minimum absolute atomic E-state index is 0.138. The van der Waals surface area contributed by atoms with E-state index in [-0.39, 0.29) is 5.75 Å². The fourth-order valence-corrected chi connectivity index (χ4v) is 2.70. The number of nitrogen functional groups attached to an aromatic ring is 1. The second-order valence-corrected chi connectivity index (χ2v) is 5.72. The molecule has 3 heteroatoms. The number of aryl methyl sites for hydroxylation is 1. The Kier molecular flexibility index (Phi) is 4.74. The van der Waals surface area contributed by atoms with Crippen LogP contribution in [-0.2, 0) is 6.42 Å². The summed E-state index contributed by atoms with van der Waals surface area (Å²) in [5.74, 6) is 0.138. The Labute approximate surface area is 118 Å². The lowest BCUT2D eigenvalue weighted by Crippen LogP contribution is -1.86. The first-order valence-electron chi connectivity index (χ1n) is 6.54. The van der Waals surface area contributed by atoms with Crippen LogP contribution in [0.3, 0.4) is 0 Å². The van der Waals surface area contributed by atoms with Crippen molar-refractivity contribution in [3.63, 3.8) is 0 Å². The molecule has 0 aliphatic heterocycles. The maximum absolute atomic E-state index is 9.39. The first kappa shape index (κ1) is 13.8. The molecule has 2 aromatic carbocycles. The number of nitrogens with two attached hydrogens (primary N) is 1. The van der Waals surface area contributed by atoms with Gasteiger partial charge < -0.3 is 10.8 Å². The molecule has 2 rings (SSSR count). The summed E-state index contributed by atoms with van der Waals surface area (Å²) in [5.41, 5.74) is 7.50. The maximum atomic E-state index is 9.39. The number of rotatable bonds is 5. The molecule has 0 bridgehead atoms. The summed E-state index contributed by atoms with van der Waals surface area (Å²) < 4.78 is 0. The van der Waals surface area contributed by atoms with E-state index in [9.17, 15) is 5.11 Å². The number of hydrogen-bond acceptors (Lipinski definition) is 3. The molecule has 0 fully saturated rings. The molecule has 0 amide bonds. The van der Waals surface area contributed by atoms with Gasteiger partial charge in [0.05, 0.1) is 5.69 Å². The highest BCUT2D eigenvalue weighted by Gasteiger charge is 2.01. The average molecular weight is 273 g/mol. The number of unbranched alkanes of at least 4 members (excludes halogenated alkanes) is 1. The van der Waals surface area contributed by atoms with Gasteiger partial charge in [0.2, 0.25) is 0 Å². The van der Waals surface area contributed by atoms with Crippen molar-refractivity contribution in [1.82, 2.24) is 0 Å². The summed E-state index contributed by atoms with van der Waals surface area (Å²) in [4.78, 5) is 2.22. The van der Waals surface area contributed by atoms with Crippen LogP contribution in [0.4, 0.5) is 5.69 Å². The summed E-state index contributed by atoms with van der Waals surface area (Å²) in [5, 5.41) is 9.39. The third-order valence-electron chi connectivity index (χ3n) is 2.98. The molecular formula is C16H19NOS. The monoisotopic (exact) mass is 273 g/mol. The van der Waals surface area contributed by atoms with Gasteiger partial charge in [-0.2, -0.15) is 0 Å². The van der Waals surface area contributed by atoms with Crippen molar-refractivity contribution < 1.29 is 5.11 Å². The third kappa shape index (κ3) is 3.93. The maximum Gasteiger partial charge on any atom is 0.138 e. The normalized spacial score (nSPS) is 10.6. The minimum Gasteiger partial charge on any atom is -0.506 e. The molecule has 0 unspecified atom stereocenters. The molecule has 0 saturated carbocycles. The van der Waals surface area contributed by atoms with Crippen molar-refractivity contribution in [3.8, 4) is 5.75 Å². The van der Waals surface area contributed by atoms with E-state index < -0.39 is 0 Å². The number of hydrogen-bond donors (Lipinski definition) is 2. The van der Waals surface area contributed by atoms with E-state index in [1.807, 2.05) is 6.07 Å². The highest BCUT2D eigenvalue weighted by Crippen LogP contribution is 2.32. The van der Waals surface area contributed by atoms with E-state index in [0.29, 0.717) is 5.69 Å². The van der Waals surface area contributed by atoms with Gasteiger partial charge in [-0.1, -0.05) is 37.2 Å². The molecule has 19 heavy (non-hydrogen) atoms. The van der Waals surface area contributed by atoms with Gasteiger partial charge >= 0.3 is 0 Å². The lowest BCUT2D eigenvalue weighted by Gasteiger charge is -2.05. The highest BCUT2D eigenvalue weighted by molar-refractivity contribution is 7.99. The van der Waals surface area contributed by atoms with Crippen LogP contribution < -0.4 is 5.73 Å². The van der Waals surface area contributed by atoms with Crippen molar-refractivity contribution >= 4 is 17.4 Å². The Morgan fingerprint density at radius 1 is 1.05 bits per heavy atom. The van der Waals surface area contributed by atoms with Crippen molar-refractivity contribution in [2.75, 3.05) is 5.73 Å². The predicted octanol–water partition coefficient (Wildman–Crippen LogP) is 4.47. The summed E-state index contributed by atoms with van der Waals surface area (Å²) >= 11 is 1.65. The second kappa shape index (κ2) is 6.53. The fourth-order valence-electron chi connectivity index (χ4n) is 1.84. The number of phenols is 1. The zero-order valence-electron chi connectivity index (χ0n) is 11.1.